The number of fused-ring (bicyclic) bond motifs is 1. The number of nitrogens with zero attached hydrogens (tertiary/aromatic N) is 1. The third kappa shape index (κ3) is 3.10. The van der Waals surface area contributed by atoms with Gasteiger partial charge in [-0.2, -0.15) is 0 Å². The van der Waals surface area contributed by atoms with Crippen molar-refractivity contribution in [1.29, 1.82) is 0 Å². The molecule has 0 unspecified atom stereocenters. The molecule has 2 heterocycles. The van der Waals surface area contributed by atoms with E-state index < -0.39 is 0 Å². The topological polar surface area (TPSA) is 51.2 Å². The fourth-order valence-electron chi connectivity index (χ4n) is 3.40. The van der Waals surface area contributed by atoms with Gasteiger partial charge in [-0.1, -0.05) is 24.3 Å². The van der Waals surface area contributed by atoms with Gasteiger partial charge in [0.25, 0.3) is 5.91 Å². The maximum absolute atomic E-state index is 12.5. The zero-order chi connectivity index (χ0) is 19.0. The van der Waals surface area contributed by atoms with E-state index >= 15 is 0 Å². The van der Waals surface area contributed by atoms with Crippen LogP contribution in [0.25, 0.3) is 22.8 Å². The Bertz CT molecular complexity index is 1070. The predicted molar refractivity (Wildman–Crippen MR) is 109 cm³/mol. The van der Waals surface area contributed by atoms with Crippen LogP contribution >= 0.6 is 0 Å². The quantitative estimate of drug-likeness (QED) is 0.682. The second-order valence-electron chi connectivity index (χ2n) is 6.66. The molecule has 0 aliphatic carbocycles. The number of nitrogens with one attached hydrogen (secondary N) is 1. The molecule has 0 saturated heterocycles. The number of hydrogen-bond donors (Lipinski definition) is 1. The van der Waals surface area contributed by atoms with E-state index in [0.29, 0.717) is 5.57 Å². The van der Waals surface area contributed by atoms with Crippen LogP contribution in [0.4, 0.5) is 5.69 Å². The Morgan fingerprint density at radius 3 is 2.67 bits per heavy atom. The lowest BCUT2D eigenvalue weighted by Crippen LogP contribution is -2.03. The molecule has 1 amide bonds. The van der Waals surface area contributed by atoms with Crippen LogP contribution in [0, 0.1) is 13.8 Å². The van der Waals surface area contributed by atoms with Crippen molar-refractivity contribution in [3.05, 3.63) is 77.1 Å². The number of pyridine rings is 1. The average Bonchev–Trinajstić information content (AvgIpc) is 2.98. The number of ether oxygens (including phenoxy) is 1. The van der Waals surface area contributed by atoms with E-state index in [-0.39, 0.29) is 5.91 Å². The van der Waals surface area contributed by atoms with E-state index in [0.717, 1.165) is 44.9 Å². The van der Waals surface area contributed by atoms with Crippen molar-refractivity contribution in [3.8, 4) is 16.9 Å². The first-order chi connectivity index (χ1) is 13.1. The maximum Gasteiger partial charge on any atom is 0.256 e. The summed E-state index contributed by atoms with van der Waals surface area (Å²) >= 11 is 0. The number of methoxy groups -OCH3 is 1. The minimum absolute atomic E-state index is 0.0977. The summed E-state index contributed by atoms with van der Waals surface area (Å²) in [5, 5.41) is 2.94. The molecule has 4 nitrogen and oxygen atoms in total. The van der Waals surface area contributed by atoms with Crippen molar-refractivity contribution in [2.75, 3.05) is 12.4 Å². The molecule has 134 valence electrons. The number of carbonyl (C=O) groups is 1. The fourth-order valence-corrected chi connectivity index (χ4v) is 3.40. The van der Waals surface area contributed by atoms with Gasteiger partial charge < -0.3 is 10.1 Å². The first-order valence-electron chi connectivity index (χ1n) is 8.81. The summed E-state index contributed by atoms with van der Waals surface area (Å²) in [4.78, 5) is 16.8. The van der Waals surface area contributed by atoms with Crippen LogP contribution in [0.15, 0.2) is 54.7 Å². The molecule has 0 spiro atoms. The van der Waals surface area contributed by atoms with Crippen LogP contribution < -0.4 is 10.1 Å². The lowest BCUT2D eigenvalue weighted by Gasteiger charge is -2.13. The number of aromatic nitrogens is 1. The molecular formula is C23H20N2O2. The van der Waals surface area contributed by atoms with Crippen LogP contribution in [0.5, 0.6) is 5.75 Å². The van der Waals surface area contributed by atoms with Crippen LogP contribution in [0.3, 0.4) is 0 Å². The summed E-state index contributed by atoms with van der Waals surface area (Å²) in [6.45, 7) is 4.00. The predicted octanol–water partition coefficient (Wildman–Crippen LogP) is 4.87. The molecule has 1 aromatic heterocycles. The summed E-state index contributed by atoms with van der Waals surface area (Å²) < 4.78 is 5.55. The number of rotatable bonds is 3. The van der Waals surface area contributed by atoms with Gasteiger partial charge in [-0.15, -0.1) is 0 Å². The Hall–Kier alpha value is -3.40. The van der Waals surface area contributed by atoms with Gasteiger partial charge >= 0.3 is 0 Å². The smallest absolute Gasteiger partial charge is 0.256 e. The number of anilines is 1. The van der Waals surface area contributed by atoms with Crippen molar-refractivity contribution >= 4 is 23.2 Å². The highest BCUT2D eigenvalue weighted by Gasteiger charge is 2.25. The molecule has 2 aromatic carbocycles. The molecule has 0 fully saturated rings. The molecule has 1 aliphatic rings. The Morgan fingerprint density at radius 2 is 1.93 bits per heavy atom. The summed E-state index contributed by atoms with van der Waals surface area (Å²) in [7, 11) is 1.67. The molecule has 27 heavy (non-hydrogen) atoms. The van der Waals surface area contributed by atoms with Gasteiger partial charge in [0.2, 0.25) is 0 Å². The third-order valence-corrected chi connectivity index (χ3v) is 4.79. The zero-order valence-corrected chi connectivity index (χ0v) is 15.5. The Balaban J connectivity index is 1.84. The summed E-state index contributed by atoms with van der Waals surface area (Å²) in [5.74, 6) is 0.722. The molecule has 1 aliphatic heterocycles. The Labute approximate surface area is 158 Å². The first kappa shape index (κ1) is 17.0. The third-order valence-electron chi connectivity index (χ3n) is 4.79. The minimum atomic E-state index is -0.0977. The SMILES string of the molecule is COc1cccc(C)c1-c1ccc2c(c1)/C(=C/c1ccc(C)nc1)C(=O)N2. The number of hydrogen-bond acceptors (Lipinski definition) is 3. The fraction of sp³-hybridized carbons (Fsp3) is 0.130. The normalized spacial score (nSPS) is 14.2. The highest BCUT2D eigenvalue weighted by molar-refractivity contribution is 6.35. The second-order valence-corrected chi connectivity index (χ2v) is 6.66. The Morgan fingerprint density at radius 1 is 1.07 bits per heavy atom. The van der Waals surface area contributed by atoms with Crippen molar-refractivity contribution in [3.63, 3.8) is 0 Å². The first-order valence-corrected chi connectivity index (χ1v) is 8.81. The van der Waals surface area contributed by atoms with Crippen molar-refractivity contribution < 1.29 is 9.53 Å². The zero-order valence-electron chi connectivity index (χ0n) is 15.5. The molecule has 0 saturated carbocycles. The average molecular weight is 356 g/mol. The number of benzene rings is 2. The molecule has 1 N–H and O–H groups in total. The van der Waals surface area contributed by atoms with E-state index in [1.807, 2.05) is 55.5 Å². The van der Waals surface area contributed by atoms with Crippen LogP contribution in [0.1, 0.15) is 22.4 Å². The molecule has 4 heteroatoms. The molecule has 0 atom stereocenters. The lowest BCUT2D eigenvalue weighted by molar-refractivity contribution is -0.110. The summed E-state index contributed by atoms with van der Waals surface area (Å²) in [6.07, 6.45) is 3.66. The van der Waals surface area contributed by atoms with Gasteiger partial charge in [-0.05, 0) is 60.9 Å². The molecule has 0 radical (unpaired) electrons. The molecule has 3 aromatic rings. The van der Waals surface area contributed by atoms with Gasteiger partial charge in [-0.25, -0.2) is 0 Å². The van der Waals surface area contributed by atoms with E-state index in [1.165, 1.54) is 0 Å². The maximum atomic E-state index is 12.5. The largest absolute Gasteiger partial charge is 0.496 e. The van der Waals surface area contributed by atoms with Crippen molar-refractivity contribution in [1.82, 2.24) is 4.98 Å². The van der Waals surface area contributed by atoms with E-state index in [1.54, 1.807) is 13.3 Å². The Kier molecular flexibility index (Phi) is 4.24. The van der Waals surface area contributed by atoms with Crippen LogP contribution in [0.2, 0.25) is 0 Å². The van der Waals surface area contributed by atoms with E-state index in [2.05, 4.69) is 23.3 Å². The molecule has 4 rings (SSSR count). The van der Waals surface area contributed by atoms with Crippen molar-refractivity contribution in [2.24, 2.45) is 0 Å². The van der Waals surface area contributed by atoms with Gasteiger partial charge in [0, 0.05) is 34.3 Å². The minimum Gasteiger partial charge on any atom is -0.496 e. The second kappa shape index (κ2) is 6.72. The number of aryl methyl sites for hydroxylation is 2. The van der Waals surface area contributed by atoms with E-state index in [4.69, 9.17) is 4.74 Å². The van der Waals surface area contributed by atoms with E-state index in [9.17, 15) is 4.79 Å². The lowest BCUT2D eigenvalue weighted by atomic mass is 9.95. The van der Waals surface area contributed by atoms with Crippen LogP contribution in [-0.2, 0) is 4.79 Å². The monoisotopic (exact) mass is 356 g/mol. The van der Waals surface area contributed by atoms with Gasteiger partial charge in [-0.3, -0.25) is 9.78 Å². The standard InChI is InChI=1S/C23H20N2O2/c1-14-5-4-6-21(27-3)22(14)17-9-10-20-18(12-17)19(23(26)25-20)11-16-8-7-15(2)24-13-16/h4-13H,1-3H3,(H,25,26)/b19-11-. The van der Waals surface area contributed by atoms with Crippen LogP contribution in [-0.4, -0.2) is 18.0 Å². The highest BCUT2D eigenvalue weighted by Crippen LogP contribution is 2.39. The van der Waals surface area contributed by atoms with Gasteiger partial charge in [0.05, 0.1) is 7.11 Å². The van der Waals surface area contributed by atoms with Crippen molar-refractivity contribution in [2.45, 2.75) is 13.8 Å². The highest BCUT2D eigenvalue weighted by atomic mass is 16.5. The summed E-state index contributed by atoms with van der Waals surface area (Å²) in [6, 6.07) is 15.9. The molecular weight excluding hydrogens is 336 g/mol. The van der Waals surface area contributed by atoms with Gasteiger partial charge in [0.1, 0.15) is 5.75 Å². The number of carbonyl (C=O) groups excluding carboxylic acids is 1. The molecule has 0 bridgehead atoms. The number of amides is 1. The summed E-state index contributed by atoms with van der Waals surface area (Å²) in [5.41, 5.74) is 7.39. The van der Waals surface area contributed by atoms with Gasteiger partial charge in [0.15, 0.2) is 0 Å².